The molecule has 3 heterocycles. The van der Waals surface area contributed by atoms with Gasteiger partial charge in [-0.3, -0.25) is 4.79 Å². The highest BCUT2D eigenvalue weighted by Crippen LogP contribution is 2.32. The van der Waals surface area contributed by atoms with Crippen LogP contribution in [0.4, 0.5) is 17.3 Å². The van der Waals surface area contributed by atoms with Gasteiger partial charge in [0.1, 0.15) is 34.5 Å². The molecule has 0 atom stereocenters. The second-order valence-electron chi connectivity index (χ2n) is 8.87. The molecule has 1 amide bonds. The van der Waals surface area contributed by atoms with Crippen molar-refractivity contribution in [3.8, 4) is 11.3 Å². The van der Waals surface area contributed by atoms with E-state index in [2.05, 4.69) is 44.4 Å². The summed E-state index contributed by atoms with van der Waals surface area (Å²) in [7, 11) is 0. The molecule has 8 nitrogen and oxygen atoms in total. The van der Waals surface area contributed by atoms with Crippen LogP contribution in [0.1, 0.15) is 27.5 Å². The molecule has 9 heteroatoms. The summed E-state index contributed by atoms with van der Waals surface area (Å²) in [6.07, 6.45) is 0. The number of aromatic nitrogens is 3. The zero-order valence-electron chi connectivity index (χ0n) is 20.5. The molecular formula is C27H27ClN6O2. The summed E-state index contributed by atoms with van der Waals surface area (Å²) in [5.41, 5.74) is 3.79. The maximum atomic E-state index is 13.5. The summed E-state index contributed by atoms with van der Waals surface area (Å²) in [6, 6.07) is 17.4. The Morgan fingerprint density at radius 1 is 0.972 bits per heavy atom. The molecule has 0 radical (unpaired) electrons. The summed E-state index contributed by atoms with van der Waals surface area (Å²) < 4.78 is 5.40. The number of carbonyl (C=O) groups excluding carboxylic acids is 1. The molecule has 184 valence electrons. The SMILES string of the molecule is Cc1ccc(Nc2cc(N3CCN(C(=O)c4c(-c5ccccc5Cl)noc4C)CC3)nc(C)n2)cc1. The average Bonchev–Trinajstić information content (AvgIpc) is 3.26. The average molecular weight is 503 g/mol. The zero-order valence-corrected chi connectivity index (χ0v) is 21.2. The highest BCUT2D eigenvalue weighted by Gasteiger charge is 2.29. The first-order valence-electron chi connectivity index (χ1n) is 11.8. The van der Waals surface area contributed by atoms with E-state index in [0.29, 0.717) is 59.6 Å². The van der Waals surface area contributed by atoms with Crippen molar-refractivity contribution in [1.82, 2.24) is 20.0 Å². The molecule has 5 rings (SSSR count). The number of hydrogen-bond acceptors (Lipinski definition) is 7. The van der Waals surface area contributed by atoms with E-state index in [1.807, 2.05) is 48.2 Å². The fourth-order valence-electron chi connectivity index (χ4n) is 4.32. The topological polar surface area (TPSA) is 87.4 Å². The molecule has 0 spiro atoms. The maximum absolute atomic E-state index is 13.5. The van der Waals surface area contributed by atoms with Gasteiger partial charge in [-0.1, -0.05) is 52.7 Å². The Kier molecular flexibility index (Phi) is 6.61. The minimum absolute atomic E-state index is 0.107. The van der Waals surface area contributed by atoms with Crippen LogP contribution in [0.2, 0.25) is 5.02 Å². The standard InChI is InChI=1S/C27H27ClN6O2/c1-17-8-10-20(11-9-17)31-23-16-24(30-19(3)29-23)33-12-14-34(15-13-33)27(35)25-18(2)36-32-26(25)21-6-4-5-7-22(21)28/h4-11,16H,12-15H2,1-3H3,(H,29,30,31). The van der Waals surface area contributed by atoms with Gasteiger partial charge >= 0.3 is 0 Å². The Morgan fingerprint density at radius 2 is 1.69 bits per heavy atom. The number of aryl methyl sites for hydroxylation is 3. The van der Waals surface area contributed by atoms with Crippen molar-refractivity contribution in [2.75, 3.05) is 36.4 Å². The highest BCUT2D eigenvalue weighted by molar-refractivity contribution is 6.33. The van der Waals surface area contributed by atoms with E-state index < -0.39 is 0 Å². The number of piperazine rings is 1. The molecule has 1 aliphatic heterocycles. The number of benzene rings is 2. The minimum Gasteiger partial charge on any atom is -0.360 e. The molecule has 0 saturated carbocycles. The largest absolute Gasteiger partial charge is 0.360 e. The van der Waals surface area contributed by atoms with Gasteiger partial charge in [0.05, 0.1) is 5.02 Å². The van der Waals surface area contributed by atoms with Gasteiger partial charge in [0.15, 0.2) is 0 Å². The number of carbonyl (C=O) groups is 1. The quantitative estimate of drug-likeness (QED) is 0.390. The normalized spacial score (nSPS) is 13.7. The molecule has 0 unspecified atom stereocenters. The van der Waals surface area contributed by atoms with Gasteiger partial charge in [0.2, 0.25) is 0 Å². The van der Waals surface area contributed by atoms with Gasteiger partial charge in [-0.05, 0) is 39.0 Å². The molecule has 0 bridgehead atoms. The molecule has 4 aromatic rings. The van der Waals surface area contributed by atoms with Crippen molar-refractivity contribution < 1.29 is 9.32 Å². The van der Waals surface area contributed by atoms with E-state index in [-0.39, 0.29) is 5.91 Å². The number of amides is 1. The van der Waals surface area contributed by atoms with Crippen LogP contribution in [-0.2, 0) is 0 Å². The van der Waals surface area contributed by atoms with Gasteiger partial charge in [-0.25, -0.2) is 9.97 Å². The molecule has 1 saturated heterocycles. The Balaban J connectivity index is 1.30. The summed E-state index contributed by atoms with van der Waals surface area (Å²) in [5, 5.41) is 8.03. The minimum atomic E-state index is -0.107. The number of halogens is 1. The zero-order chi connectivity index (χ0) is 25.2. The summed E-state index contributed by atoms with van der Waals surface area (Å²) in [6.45, 7) is 8.10. The summed E-state index contributed by atoms with van der Waals surface area (Å²) in [4.78, 5) is 26.7. The van der Waals surface area contributed by atoms with Crippen LogP contribution < -0.4 is 10.2 Å². The van der Waals surface area contributed by atoms with Gasteiger partial charge in [-0.15, -0.1) is 0 Å². The predicted molar refractivity (Wildman–Crippen MR) is 141 cm³/mol. The van der Waals surface area contributed by atoms with Gasteiger partial charge in [0, 0.05) is 43.5 Å². The van der Waals surface area contributed by atoms with E-state index in [9.17, 15) is 4.79 Å². The van der Waals surface area contributed by atoms with Crippen LogP contribution in [0, 0.1) is 20.8 Å². The molecule has 36 heavy (non-hydrogen) atoms. The molecule has 1 fully saturated rings. The number of nitrogens with one attached hydrogen (secondary N) is 1. The van der Waals surface area contributed by atoms with Crippen molar-refractivity contribution in [3.05, 3.63) is 82.3 Å². The molecule has 1 N–H and O–H groups in total. The summed E-state index contributed by atoms with van der Waals surface area (Å²) >= 11 is 6.37. The highest BCUT2D eigenvalue weighted by atomic mass is 35.5. The smallest absolute Gasteiger partial charge is 0.259 e. The second-order valence-corrected chi connectivity index (χ2v) is 9.28. The monoisotopic (exact) mass is 502 g/mol. The Bertz CT molecular complexity index is 1390. The summed E-state index contributed by atoms with van der Waals surface area (Å²) in [5.74, 6) is 2.64. The van der Waals surface area contributed by atoms with E-state index in [1.165, 1.54) is 5.56 Å². The van der Waals surface area contributed by atoms with Crippen LogP contribution in [0.15, 0.2) is 59.1 Å². The second kappa shape index (κ2) is 9.99. The third kappa shape index (κ3) is 4.90. The van der Waals surface area contributed by atoms with Crippen molar-refractivity contribution in [3.63, 3.8) is 0 Å². The van der Waals surface area contributed by atoms with Gasteiger partial charge in [-0.2, -0.15) is 0 Å². The molecule has 2 aromatic carbocycles. The van der Waals surface area contributed by atoms with Crippen LogP contribution in [0.3, 0.4) is 0 Å². The lowest BCUT2D eigenvalue weighted by molar-refractivity contribution is 0.0745. The van der Waals surface area contributed by atoms with E-state index in [0.717, 1.165) is 17.3 Å². The van der Waals surface area contributed by atoms with Crippen LogP contribution in [0.25, 0.3) is 11.3 Å². The molecule has 0 aliphatic carbocycles. The van der Waals surface area contributed by atoms with E-state index >= 15 is 0 Å². The fraction of sp³-hybridized carbons (Fsp3) is 0.259. The third-order valence-electron chi connectivity index (χ3n) is 6.24. The van der Waals surface area contributed by atoms with Crippen LogP contribution >= 0.6 is 11.6 Å². The van der Waals surface area contributed by atoms with Crippen LogP contribution in [-0.4, -0.2) is 52.1 Å². The first-order chi connectivity index (χ1) is 17.4. The molecular weight excluding hydrogens is 476 g/mol. The van der Waals surface area contributed by atoms with Gasteiger partial charge < -0.3 is 19.6 Å². The Hall–Kier alpha value is -3.91. The predicted octanol–water partition coefficient (Wildman–Crippen LogP) is 5.42. The lowest BCUT2D eigenvalue weighted by atomic mass is 10.0. The van der Waals surface area contributed by atoms with Gasteiger partial charge in [0.25, 0.3) is 5.91 Å². The first kappa shape index (κ1) is 23.8. The van der Waals surface area contributed by atoms with Crippen molar-refractivity contribution in [2.45, 2.75) is 20.8 Å². The van der Waals surface area contributed by atoms with Crippen molar-refractivity contribution in [1.29, 1.82) is 0 Å². The first-order valence-corrected chi connectivity index (χ1v) is 12.2. The number of anilines is 3. The van der Waals surface area contributed by atoms with Crippen molar-refractivity contribution >= 4 is 34.8 Å². The fourth-order valence-corrected chi connectivity index (χ4v) is 4.55. The number of nitrogens with zero attached hydrogens (tertiary/aromatic N) is 5. The van der Waals surface area contributed by atoms with Crippen molar-refractivity contribution in [2.24, 2.45) is 0 Å². The van der Waals surface area contributed by atoms with Crippen LogP contribution in [0.5, 0.6) is 0 Å². The lowest BCUT2D eigenvalue weighted by Crippen LogP contribution is -2.49. The molecule has 2 aromatic heterocycles. The molecule has 1 aliphatic rings. The van der Waals surface area contributed by atoms with E-state index in [1.54, 1.807) is 13.0 Å². The lowest BCUT2D eigenvalue weighted by Gasteiger charge is -2.35. The number of rotatable bonds is 5. The number of hydrogen-bond donors (Lipinski definition) is 1. The third-order valence-corrected chi connectivity index (χ3v) is 6.57. The van der Waals surface area contributed by atoms with E-state index in [4.69, 9.17) is 16.1 Å². The Morgan fingerprint density at radius 3 is 2.42 bits per heavy atom. The maximum Gasteiger partial charge on any atom is 0.259 e. The Labute approximate surface area is 214 Å².